The molecule has 2 fully saturated rings. The number of likely N-dealkylation sites (tertiary alicyclic amines) is 1. The highest BCUT2D eigenvalue weighted by Gasteiger charge is 2.58. The van der Waals surface area contributed by atoms with Crippen molar-refractivity contribution in [2.75, 3.05) is 26.7 Å². The maximum Gasteiger partial charge on any atom is 0.308 e. The first kappa shape index (κ1) is 24.9. The second-order valence-electron chi connectivity index (χ2n) is 9.51. The van der Waals surface area contributed by atoms with Crippen LogP contribution in [0.2, 0.25) is 0 Å². The summed E-state index contributed by atoms with van der Waals surface area (Å²) < 4.78 is 16.8. The van der Waals surface area contributed by atoms with E-state index >= 15 is 0 Å². The van der Waals surface area contributed by atoms with Crippen LogP contribution in [0, 0.1) is 0 Å². The van der Waals surface area contributed by atoms with Gasteiger partial charge in [0.05, 0.1) is 18.1 Å². The standard InChI is InChI=1S/C28H34N2O5/c1-4-14-30-15-13-27(23-6-5-7-25(17-23)35-21(2)31)18-24(10-12-28(27,20-30)33-3)29-26(32)9-8-22-11-16-34-19-22/h4-9,11,16-17,19,24H,1,10,12-15,18,20H2,2-3H3,(H,29,32)/t24-,27+,28+/m1/s1. The van der Waals surface area contributed by atoms with Gasteiger partial charge >= 0.3 is 5.97 Å². The zero-order chi connectivity index (χ0) is 24.9. The maximum atomic E-state index is 12.7. The third-order valence-corrected chi connectivity index (χ3v) is 7.44. The highest BCUT2D eigenvalue weighted by molar-refractivity contribution is 5.91. The van der Waals surface area contributed by atoms with Crippen LogP contribution in [0.4, 0.5) is 0 Å². The number of hydrogen-bond donors (Lipinski definition) is 1. The minimum atomic E-state index is -0.434. The Morgan fingerprint density at radius 1 is 1.31 bits per heavy atom. The SMILES string of the molecule is C=CCN1CC[C@@]2(c3cccc(OC(C)=O)c3)C[C@H](NC(=O)C=Cc3ccoc3)CC[C@]2(OC)C1. The van der Waals surface area contributed by atoms with Gasteiger partial charge in [0.2, 0.25) is 5.91 Å². The Kier molecular flexibility index (Phi) is 7.57. The topological polar surface area (TPSA) is 81.0 Å². The highest BCUT2D eigenvalue weighted by Crippen LogP contribution is 2.53. The van der Waals surface area contributed by atoms with E-state index in [2.05, 4.69) is 22.9 Å². The number of methoxy groups -OCH3 is 1. The van der Waals surface area contributed by atoms with Gasteiger partial charge in [0.25, 0.3) is 0 Å². The van der Waals surface area contributed by atoms with Crippen LogP contribution in [0.3, 0.4) is 0 Å². The molecule has 0 spiro atoms. The summed E-state index contributed by atoms with van der Waals surface area (Å²) in [5.41, 5.74) is 1.14. The van der Waals surface area contributed by atoms with Crippen molar-refractivity contribution in [2.45, 2.75) is 49.7 Å². The van der Waals surface area contributed by atoms with E-state index in [1.54, 1.807) is 43.9 Å². The van der Waals surface area contributed by atoms with Crippen LogP contribution in [-0.2, 0) is 19.7 Å². The molecule has 186 valence electrons. The summed E-state index contributed by atoms with van der Waals surface area (Å²) in [6, 6.07) is 9.57. The summed E-state index contributed by atoms with van der Waals surface area (Å²) in [7, 11) is 1.79. The van der Waals surface area contributed by atoms with Gasteiger partial charge in [-0.2, -0.15) is 0 Å². The van der Waals surface area contributed by atoms with Crippen molar-refractivity contribution in [3.63, 3.8) is 0 Å². The number of furan rings is 1. The zero-order valence-corrected chi connectivity index (χ0v) is 20.5. The van der Waals surface area contributed by atoms with Gasteiger partial charge in [-0.1, -0.05) is 18.2 Å². The number of fused-ring (bicyclic) bond motifs is 1. The van der Waals surface area contributed by atoms with Gasteiger partial charge in [-0.15, -0.1) is 6.58 Å². The predicted octanol–water partition coefficient (Wildman–Crippen LogP) is 4.10. The lowest BCUT2D eigenvalue weighted by atomic mass is 9.55. The van der Waals surface area contributed by atoms with E-state index in [9.17, 15) is 9.59 Å². The summed E-state index contributed by atoms with van der Waals surface area (Å²) in [6.45, 7) is 7.77. The lowest BCUT2D eigenvalue weighted by Crippen LogP contribution is -2.67. The Bertz CT molecular complexity index is 1080. The largest absolute Gasteiger partial charge is 0.472 e. The average Bonchev–Trinajstić information content (AvgIpc) is 3.36. The summed E-state index contributed by atoms with van der Waals surface area (Å²) in [4.78, 5) is 26.7. The molecule has 1 saturated heterocycles. The fourth-order valence-corrected chi connectivity index (χ4v) is 5.87. The van der Waals surface area contributed by atoms with Crippen LogP contribution in [0.25, 0.3) is 6.08 Å². The van der Waals surface area contributed by atoms with Crippen LogP contribution in [0.1, 0.15) is 43.7 Å². The third-order valence-electron chi connectivity index (χ3n) is 7.44. The normalized spacial score (nSPS) is 26.7. The molecule has 4 rings (SSSR count). The fourth-order valence-electron chi connectivity index (χ4n) is 5.87. The predicted molar refractivity (Wildman–Crippen MR) is 134 cm³/mol. The first-order chi connectivity index (χ1) is 16.9. The molecule has 1 saturated carbocycles. The molecular weight excluding hydrogens is 444 g/mol. The summed E-state index contributed by atoms with van der Waals surface area (Å²) >= 11 is 0. The van der Waals surface area contributed by atoms with Crippen LogP contribution in [0.15, 0.2) is 66.0 Å². The minimum Gasteiger partial charge on any atom is -0.472 e. The van der Waals surface area contributed by atoms with Gasteiger partial charge in [-0.3, -0.25) is 14.5 Å². The lowest BCUT2D eigenvalue weighted by molar-refractivity contribution is -0.149. The molecule has 2 heterocycles. The zero-order valence-electron chi connectivity index (χ0n) is 20.5. The minimum absolute atomic E-state index is 0.0110. The van der Waals surface area contributed by atoms with Crippen LogP contribution in [0.5, 0.6) is 5.75 Å². The Balaban J connectivity index is 1.64. The first-order valence-electron chi connectivity index (χ1n) is 12.1. The summed E-state index contributed by atoms with van der Waals surface area (Å²) in [6.07, 6.45) is 11.6. The summed E-state index contributed by atoms with van der Waals surface area (Å²) in [5.74, 6) is 0.0442. The lowest BCUT2D eigenvalue weighted by Gasteiger charge is -2.59. The van der Waals surface area contributed by atoms with Crippen LogP contribution >= 0.6 is 0 Å². The van der Waals surface area contributed by atoms with Crippen molar-refractivity contribution < 1.29 is 23.5 Å². The molecule has 2 aliphatic rings. The monoisotopic (exact) mass is 478 g/mol. The highest BCUT2D eigenvalue weighted by atomic mass is 16.5. The first-order valence-corrected chi connectivity index (χ1v) is 12.1. The van der Waals surface area contributed by atoms with Crippen molar-refractivity contribution >= 4 is 18.0 Å². The van der Waals surface area contributed by atoms with Gasteiger partial charge in [-0.05, 0) is 62.1 Å². The van der Waals surface area contributed by atoms with E-state index in [1.807, 2.05) is 18.2 Å². The van der Waals surface area contributed by atoms with E-state index in [0.29, 0.717) is 5.75 Å². The number of rotatable bonds is 8. The van der Waals surface area contributed by atoms with Gasteiger partial charge in [0.1, 0.15) is 5.75 Å². The van der Waals surface area contributed by atoms with E-state index in [1.165, 1.54) is 6.92 Å². The second-order valence-corrected chi connectivity index (χ2v) is 9.51. The van der Waals surface area contributed by atoms with Gasteiger partial charge < -0.3 is 19.2 Å². The van der Waals surface area contributed by atoms with Crippen molar-refractivity contribution in [1.82, 2.24) is 10.2 Å². The molecule has 0 radical (unpaired) electrons. The van der Waals surface area contributed by atoms with Gasteiger partial charge in [0.15, 0.2) is 0 Å². The van der Waals surface area contributed by atoms with Crippen molar-refractivity contribution in [3.8, 4) is 5.75 Å². The van der Waals surface area contributed by atoms with Crippen molar-refractivity contribution in [1.29, 1.82) is 0 Å². The molecule has 1 amide bonds. The molecule has 1 aromatic heterocycles. The third kappa shape index (κ3) is 5.26. The molecular formula is C28H34N2O5. The molecule has 7 heteroatoms. The molecule has 1 N–H and O–H groups in total. The molecule has 35 heavy (non-hydrogen) atoms. The number of hydrogen-bond acceptors (Lipinski definition) is 6. The molecule has 1 aromatic carbocycles. The number of esters is 1. The van der Waals surface area contributed by atoms with Crippen LogP contribution in [-0.4, -0.2) is 55.2 Å². The quantitative estimate of drug-likeness (QED) is 0.266. The average molecular weight is 479 g/mol. The van der Waals surface area contributed by atoms with Crippen molar-refractivity contribution in [2.24, 2.45) is 0 Å². The smallest absolute Gasteiger partial charge is 0.308 e. The van der Waals surface area contributed by atoms with Gasteiger partial charge in [0, 0.05) is 50.2 Å². The molecule has 0 bridgehead atoms. The molecule has 0 unspecified atom stereocenters. The Labute approximate surface area is 206 Å². The van der Waals surface area contributed by atoms with E-state index in [0.717, 1.165) is 56.4 Å². The Morgan fingerprint density at radius 2 is 2.17 bits per heavy atom. The molecule has 7 nitrogen and oxygen atoms in total. The van der Waals surface area contributed by atoms with E-state index in [-0.39, 0.29) is 23.3 Å². The van der Waals surface area contributed by atoms with Gasteiger partial charge in [-0.25, -0.2) is 0 Å². The second kappa shape index (κ2) is 10.6. The molecule has 3 atom stereocenters. The number of amides is 1. The summed E-state index contributed by atoms with van der Waals surface area (Å²) in [5, 5.41) is 3.21. The van der Waals surface area contributed by atoms with Crippen molar-refractivity contribution in [3.05, 3.63) is 72.7 Å². The molecule has 1 aliphatic carbocycles. The maximum absolute atomic E-state index is 12.7. The molecule has 1 aliphatic heterocycles. The number of piperidine rings is 1. The Morgan fingerprint density at radius 3 is 2.89 bits per heavy atom. The van der Waals surface area contributed by atoms with E-state index < -0.39 is 5.60 Å². The number of benzene rings is 1. The van der Waals surface area contributed by atoms with Crippen LogP contribution < -0.4 is 10.1 Å². The number of nitrogens with zero attached hydrogens (tertiary/aromatic N) is 1. The fraction of sp³-hybridized carbons (Fsp3) is 0.429. The molecule has 2 aromatic rings. The number of nitrogens with one attached hydrogen (secondary N) is 1. The number of carbonyl (C=O) groups excluding carboxylic acids is 2. The Hall–Kier alpha value is -3.16. The number of ether oxygens (including phenoxy) is 2. The number of carbonyl (C=O) groups is 2. The van der Waals surface area contributed by atoms with E-state index in [4.69, 9.17) is 13.9 Å².